The SMILES string of the molecule is O=C(c1cc(-c2ccccc2)on1)N1CCn2nc(C3CC3)cc2C1. The average molecular weight is 334 g/mol. The van der Waals surface area contributed by atoms with E-state index in [9.17, 15) is 4.79 Å². The van der Waals surface area contributed by atoms with Gasteiger partial charge in [-0.05, 0) is 18.9 Å². The lowest BCUT2D eigenvalue weighted by Crippen LogP contribution is -2.38. The lowest BCUT2D eigenvalue weighted by atomic mass is 10.1. The summed E-state index contributed by atoms with van der Waals surface area (Å²) in [6.45, 7) is 1.95. The van der Waals surface area contributed by atoms with Gasteiger partial charge in [-0.3, -0.25) is 9.48 Å². The van der Waals surface area contributed by atoms with Crippen molar-refractivity contribution in [3.63, 3.8) is 0 Å². The second kappa shape index (κ2) is 5.58. The highest BCUT2D eigenvalue weighted by Gasteiger charge is 2.30. The molecule has 0 bridgehead atoms. The van der Waals surface area contributed by atoms with Crippen molar-refractivity contribution in [3.05, 3.63) is 59.5 Å². The molecule has 0 atom stereocenters. The third-order valence-corrected chi connectivity index (χ3v) is 4.89. The number of benzene rings is 1. The smallest absolute Gasteiger partial charge is 0.276 e. The Bertz CT molecular complexity index is 924. The first-order chi connectivity index (χ1) is 12.3. The Morgan fingerprint density at radius 2 is 1.96 bits per heavy atom. The highest BCUT2D eigenvalue weighted by atomic mass is 16.5. The Morgan fingerprint density at radius 1 is 1.12 bits per heavy atom. The zero-order valence-corrected chi connectivity index (χ0v) is 13.8. The fraction of sp³-hybridized carbons (Fsp3) is 0.316. The molecule has 0 spiro atoms. The first kappa shape index (κ1) is 14.5. The number of fused-ring (bicyclic) bond motifs is 1. The molecule has 0 radical (unpaired) electrons. The highest BCUT2D eigenvalue weighted by molar-refractivity contribution is 5.93. The lowest BCUT2D eigenvalue weighted by Gasteiger charge is -2.26. The van der Waals surface area contributed by atoms with E-state index < -0.39 is 0 Å². The van der Waals surface area contributed by atoms with Crippen LogP contribution in [-0.2, 0) is 13.1 Å². The number of rotatable bonds is 3. The average Bonchev–Trinajstić information content (AvgIpc) is 3.23. The van der Waals surface area contributed by atoms with Crippen molar-refractivity contribution < 1.29 is 9.32 Å². The van der Waals surface area contributed by atoms with E-state index in [0.717, 1.165) is 17.8 Å². The summed E-state index contributed by atoms with van der Waals surface area (Å²) in [7, 11) is 0. The van der Waals surface area contributed by atoms with E-state index >= 15 is 0 Å². The molecule has 6 nitrogen and oxygen atoms in total. The van der Waals surface area contributed by atoms with Gasteiger partial charge in [0.25, 0.3) is 5.91 Å². The van der Waals surface area contributed by atoms with Crippen LogP contribution in [0.15, 0.2) is 47.0 Å². The van der Waals surface area contributed by atoms with Gasteiger partial charge in [0.1, 0.15) is 0 Å². The van der Waals surface area contributed by atoms with Crippen molar-refractivity contribution in [3.8, 4) is 11.3 Å². The lowest BCUT2D eigenvalue weighted by molar-refractivity contribution is 0.0695. The molecule has 2 aliphatic rings. The summed E-state index contributed by atoms with van der Waals surface area (Å²) in [6.07, 6.45) is 2.47. The number of carbonyl (C=O) groups excluding carboxylic acids is 1. The maximum Gasteiger partial charge on any atom is 0.276 e. The first-order valence-corrected chi connectivity index (χ1v) is 8.66. The third kappa shape index (κ3) is 2.63. The van der Waals surface area contributed by atoms with E-state index in [1.165, 1.54) is 18.5 Å². The van der Waals surface area contributed by atoms with Crippen LogP contribution in [0.3, 0.4) is 0 Å². The van der Waals surface area contributed by atoms with Gasteiger partial charge >= 0.3 is 0 Å². The van der Waals surface area contributed by atoms with Crippen LogP contribution in [0.1, 0.15) is 40.6 Å². The van der Waals surface area contributed by atoms with E-state index in [1.54, 1.807) is 6.07 Å². The Labute approximate surface area is 145 Å². The molecule has 0 N–H and O–H groups in total. The van der Waals surface area contributed by atoms with Crippen LogP contribution >= 0.6 is 0 Å². The van der Waals surface area contributed by atoms with Crippen LogP contribution in [0.5, 0.6) is 0 Å². The maximum atomic E-state index is 12.8. The molecule has 1 aliphatic carbocycles. The van der Waals surface area contributed by atoms with E-state index in [1.807, 2.05) is 39.9 Å². The molecule has 2 aromatic heterocycles. The van der Waals surface area contributed by atoms with E-state index in [-0.39, 0.29) is 5.91 Å². The van der Waals surface area contributed by atoms with Gasteiger partial charge in [0.15, 0.2) is 11.5 Å². The minimum absolute atomic E-state index is 0.0913. The van der Waals surface area contributed by atoms with Gasteiger partial charge in [-0.1, -0.05) is 35.5 Å². The molecule has 25 heavy (non-hydrogen) atoms. The number of aromatic nitrogens is 3. The summed E-state index contributed by atoms with van der Waals surface area (Å²) in [5.74, 6) is 1.15. The van der Waals surface area contributed by atoms with E-state index in [0.29, 0.717) is 30.5 Å². The predicted octanol–water partition coefficient (Wildman–Crippen LogP) is 3.07. The third-order valence-electron chi connectivity index (χ3n) is 4.89. The molecule has 1 aromatic carbocycles. The first-order valence-electron chi connectivity index (χ1n) is 8.66. The molecule has 1 saturated carbocycles. The van der Waals surface area contributed by atoms with Gasteiger partial charge in [-0.25, -0.2) is 0 Å². The fourth-order valence-electron chi connectivity index (χ4n) is 3.32. The van der Waals surface area contributed by atoms with Crippen molar-refractivity contribution in [2.45, 2.75) is 31.8 Å². The van der Waals surface area contributed by atoms with Crippen LogP contribution in [0.25, 0.3) is 11.3 Å². The Hall–Kier alpha value is -2.89. The Kier molecular flexibility index (Phi) is 3.23. The van der Waals surface area contributed by atoms with Gasteiger partial charge < -0.3 is 9.42 Å². The molecule has 6 heteroatoms. The zero-order valence-electron chi connectivity index (χ0n) is 13.8. The molecule has 0 saturated heterocycles. The van der Waals surface area contributed by atoms with Crippen LogP contribution in [0, 0.1) is 0 Å². The summed E-state index contributed by atoms with van der Waals surface area (Å²) in [5.41, 5.74) is 3.56. The van der Waals surface area contributed by atoms with E-state index in [4.69, 9.17) is 4.52 Å². The number of carbonyl (C=O) groups is 1. The van der Waals surface area contributed by atoms with Gasteiger partial charge in [0.05, 0.1) is 24.5 Å². The predicted molar refractivity (Wildman–Crippen MR) is 90.9 cm³/mol. The topological polar surface area (TPSA) is 64.2 Å². The number of nitrogens with zero attached hydrogens (tertiary/aromatic N) is 4. The quantitative estimate of drug-likeness (QED) is 0.738. The van der Waals surface area contributed by atoms with Crippen LogP contribution < -0.4 is 0 Å². The molecular weight excluding hydrogens is 316 g/mol. The van der Waals surface area contributed by atoms with Gasteiger partial charge in [0.2, 0.25) is 0 Å². The summed E-state index contributed by atoms with van der Waals surface area (Å²) in [6, 6.07) is 13.6. The second-order valence-electron chi connectivity index (χ2n) is 6.73. The standard InChI is InChI=1S/C19H18N4O2/c24-19(17-11-18(25-21-17)14-4-2-1-3-5-14)22-8-9-23-15(12-22)10-16(20-23)13-6-7-13/h1-5,10-11,13H,6-9,12H2. The molecule has 1 fully saturated rings. The summed E-state index contributed by atoms with van der Waals surface area (Å²) in [5, 5.41) is 8.65. The number of hydrogen-bond acceptors (Lipinski definition) is 4. The van der Waals surface area contributed by atoms with Crippen molar-refractivity contribution >= 4 is 5.91 Å². The summed E-state index contributed by atoms with van der Waals surface area (Å²) in [4.78, 5) is 14.6. The molecule has 0 unspecified atom stereocenters. The van der Waals surface area contributed by atoms with Gasteiger partial charge in [-0.2, -0.15) is 5.10 Å². The minimum atomic E-state index is -0.0913. The van der Waals surface area contributed by atoms with Gasteiger partial charge in [-0.15, -0.1) is 0 Å². The highest BCUT2D eigenvalue weighted by Crippen LogP contribution is 2.39. The second-order valence-corrected chi connectivity index (χ2v) is 6.73. The molecule has 1 amide bonds. The van der Waals surface area contributed by atoms with Gasteiger partial charge in [0, 0.05) is 24.1 Å². The molecule has 1 aliphatic heterocycles. The molecule has 3 aromatic rings. The monoisotopic (exact) mass is 334 g/mol. The largest absolute Gasteiger partial charge is 0.355 e. The summed E-state index contributed by atoms with van der Waals surface area (Å²) < 4.78 is 7.40. The normalized spacial score (nSPS) is 16.7. The Morgan fingerprint density at radius 3 is 2.76 bits per heavy atom. The molecule has 126 valence electrons. The number of amides is 1. The van der Waals surface area contributed by atoms with Crippen LogP contribution in [0.4, 0.5) is 0 Å². The summed E-state index contributed by atoms with van der Waals surface area (Å²) >= 11 is 0. The fourth-order valence-corrected chi connectivity index (χ4v) is 3.32. The molecule has 5 rings (SSSR count). The van der Waals surface area contributed by atoms with Crippen LogP contribution in [0.2, 0.25) is 0 Å². The van der Waals surface area contributed by atoms with Crippen molar-refractivity contribution in [2.75, 3.05) is 6.54 Å². The zero-order chi connectivity index (χ0) is 16.8. The van der Waals surface area contributed by atoms with Crippen LogP contribution in [-0.4, -0.2) is 32.3 Å². The van der Waals surface area contributed by atoms with Crippen molar-refractivity contribution in [1.29, 1.82) is 0 Å². The van der Waals surface area contributed by atoms with E-state index in [2.05, 4.69) is 16.3 Å². The molecule has 3 heterocycles. The minimum Gasteiger partial charge on any atom is -0.355 e. The molecular formula is C19H18N4O2. The maximum absolute atomic E-state index is 12.8. The Balaban J connectivity index is 1.35. The van der Waals surface area contributed by atoms with Crippen molar-refractivity contribution in [2.24, 2.45) is 0 Å². The van der Waals surface area contributed by atoms with Crippen molar-refractivity contribution in [1.82, 2.24) is 19.8 Å². The number of hydrogen-bond donors (Lipinski definition) is 0.